The molecule has 6 aromatic rings. The fraction of sp³-hybridized carbons (Fsp3) is 0. The molecule has 184 valence electrons. The molecule has 0 aromatic heterocycles. The van der Waals surface area contributed by atoms with Crippen molar-refractivity contribution in [3.05, 3.63) is 145 Å². The fourth-order valence-corrected chi connectivity index (χ4v) is 3.98. The van der Waals surface area contributed by atoms with Crippen LogP contribution in [0.15, 0.2) is 143 Å². The SMILES string of the molecule is [O-]c1ccccc1C=Nc1ccc2ccccc2c1.[O-]c1ccccc1C=Nc1ccc2ccccc2c1.[Zn+2]. The molecule has 0 N–H and O–H groups in total. The van der Waals surface area contributed by atoms with E-state index in [-0.39, 0.29) is 31.0 Å². The average molecular weight is 558 g/mol. The van der Waals surface area contributed by atoms with Gasteiger partial charge in [-0.3, -0.25) is 9.98 Å². The second-order valence-corrected chi connectivity index (χ2v) is 8.65. The predicted molar refractivity (Wildman–Crippen MR) is 154 cm³/mol. The van der Waals surface area contributed by atoms with Gasteiger partial charge in [0.05, 0.1) is 11.4 Å². The molecule has 6 rings (SSSR count). The molecule has 6 aromatic carbocycles. The summed E-state index contributed by atoms with van der Waals surface area (Å²) < 4.78 is 0. The molecule has 0 aliphatic rings. The number of rotatable bonds is 4. The Balaban J connectivity index is 0.000000176. The second-order valence-electron chi connectivity index (χ2n) is 8.65. The quantitative estimate of drug-likeness (QED) is 0.168. The van der Waals surface area contributed by atoms with Crippen molar-refractivity contribution >= 4 is 45.3 Å². The number of fused-ring (bicyclic) bond motifs is 2. The van der Waals surface area contributed by atoms with Crippen LogP contribution >= 0.6 is 0 Å². The Hall–Kier alpha value is -4.60. The molecule has 0 saturated carbocycles. The molecule has 0 amide bonds. The first-order valence-corrected chi connectivity index (χ1v) is 12.2. The smallest absolute Gasteiger partial charge is 0.872 e. The second kappa shape index (κ2) is 13.3. The Labute approximate surface area is 240 Å². The van der Waals surface area contributed by atoms with E-state index in [9.17, 15) is 10.2 Å². The summed E-state index contributed by atoms with van der Waals surface area (Å²) in [6.07, 6.45) is 3.24. The zero-order chi connectivity index (χ0) is 26.2. The minimum atomic E-state index is -0.00737. The summed E-state index contributed by atoms with van der Waals surface area (Å²) in [6, 6.07) is 42.0. The van der Waals surface area contributed by atoms with Crippen LogP contribution in [0.5, 0.6) is 11.5 Å². The van der Waals surface area contributed by atoms with E-state index in [0.717, 1.165) is 22.1 Å². The van der Waals surface area contributed by atoms with Crippen LogP contribution in [0, 0.1) is 0 Å². The molecule has 0 aliphatic carbocycles. The zero-order valence-electron chi connectivity index (χ0n) is 21.3. The number of benzene rings is 6. The topological polar surface area (TPSA) is 70.8 Å². The van der Waals surface area contributed by atoms with Gasteiger partial charge >= 0.3 is 19.5 Å². The van der Waals surface area contributed by atoms with Crippen molar-refractivity contribution in [3.8, 4) is 11.5 Å². The van der Waals surface area contributed by atoms with E-state index >= 15 is 0 Å². The summed E-state index contributed by atoms with van der Waals surface area (Å²) in [6.45, 7) is 0. The minimum absolute atomic E-state index is 0. The monoisotopic (exact) mass is 556 g/mol. The third-order valence-corrected chi connectivity index (χ3v) is 6.01. The van der Waals surface area contributed by atoms with E-state index in [1.807, 2.05) is 72.8 Å². The van der Waals surface area contributed by atoms with Gasteiger partial charge in [0.15, 0.2) is 0 Å². The van der Waals surface area contributed by atoms with Crippen LogP contribution in [-0.4, -0.2) is 12.4 Å². The van der Waals surface area contributed by atoms with Gasteiger partial charge in [0.1, 0.15) is 0 Å². The Morgan fingerprint density at radius 1 is 0.410 bits per heavy atom. The third-order valence-electron chi connectivity index (χ3n) is 6.01. The Bertz CT molecular complexity index is 1630. The van der Waals surface area contributed by atoms with Crippen LogP contribution in [0.25, 0.3) is 21.5 Å². The van der Waals surface area contributed by atoms with Crippen molar-refractivity contribution in [2.45, 2.75) is 0 Å². The van der Waals surface area contributed by atoms with E-state index in [1.165, 1.54) is 10.8 Å². The minimum Gasteiger partial charge on any atom is -0.872 e. The fourth-order valence-electron chi connectivity index (χ4n) is 3.98. The largest absolute Gasteiger partial charge is 2.00 e. The molecular weight excluding hydrogens is 534 g/mol. The van der Waals surface area contributed by atoms with Gasteiger partial charge in [0, 0.05) is 12.4 Å². The first kappa shape index (κ1) is 27.4. The van der Waals surface area contributed by atoms with E-state index in [2.05, 4.69) is 34.3 Å². The van der Waals surface area contributed by atoms with E-state index in [0.29, 0.717) is 11.1 Å². The summed E-state index contributed by atoms with van der Waals surface area (Å²) in [4.78, 5) is 8.72. The summed E-state index contributed by atoms with van der Waals surface area (Å²) in [5, 5.41) is 27.8. The van der Waals surface area contributed by atoms with Gasteiger partial charge in [0.25, 0.3) is 0 Å². The van der Waals surface area contributed by atoms with Crippen LogP contribution in [-0.2, 0) is 19.5 Å². The maximum Gasteiger partial charge on any atom is 2.00 e. The maximum absolute atomic E-state index is 11.6. The van der Waals surface area contributed by atoms with Gasteiger partial charge in [-0.1, -0.05) is 109 Å². The van der Waals surface area contributed by atoms with Crippen LogP contribution in [0.2, 0.25) is 0 Å². The summed E-state index contributed by atoms with van der Waals surface area (Å²) in [7, 11) is 0. The van der Waals surface area contributed by atoms with Crippen LogP contribution in [0.1, 0.15) is 11.1 Å². The third kappa shape index (κ3) is 7.25. The standard InChI is InChI=1S/2C17H13NO.Zn/c2*19-17-8-4-3-7-15(17)12-18-16-10-9-13-5-1-2-6-14(13)11-16;/h2*1-12,19H;/q;;+2/p-2. The molecule has 39 heavy (non-hydrogen) atoms. The van der Waals surface area contributed by atoms with Gasteiger partial charge in [-0.25, -0.2) is 0 Å². The molecule has 0 spiro atoms. The molecule has 0 aliphatic heterocycles. The van der Waals surface area contributed by atoms with Crippen molar-refractivity contribution < 1.29 is 29.7 Å². The Morgan fingerprint density at radius 3 is 1.18 bits per heavy atom. The molecular formula is C34H24N2O2Zn. The van der Waals surface area contributed by atoms with Gasteiger partial charge in [0.2, 0.25) is 0 Å². The normalized spacial score (nSPS) is 10.9. The molecule has 0 unspecified atom stereocenters. The van der Waals surface area contributed by atoms with Crippen molar-refractivity contribution in [3.63, 3.8) is 0 Å². The predicted octanol–water partition coefficient (Wildman–Crippen LogP) is 7.33. The van der Waals surface area contributed by atoms with Crippen LogP contribution in [0.4, 0.5) is 11.4 Å². The van der Waals surface area contributed by atoms with Crippen LogP contribution < -0.4 is 10.2 Å². The van der Waals surface area contributed by atoms with Crippen molar-refractivity contribution in [1.82, 2.24) is 0 Å². The van der Waals surface area contributed by atoms with Gasteiger partial charge in [-0.2, -0.15) is 0 Å². The van der Waals surface area contributed by atoms with Gasteiger partial charge in [-0.05, 0) is 56.9 Å². The summed E-state index contributed by atoms with van der Waals surface area (Å²) in [5.41, 5.74) is 2.91. The average Bonchev–Trinajstić information content (AvgIpc) is 2.96. The first-order valence-electron chi connectivity index (χ1n) is 12.2. The molecule has 0 radical (unpaired) electrons. The first-order chi connectivity index (χ1) is 18.7. The number of aliphatic imine (C=N–C) groups is 2. The Kier molecular flexibility index (Phi) is 9.34. The van der Waals surface area contributed by atoms with Crippen molar-refractivity contribution in [2.75, 3.05) is 0 Å². The summed E-state index contributed by atoms with van der Waals surface area (Å²) in [5.74, 6) is -0.0147. The molecule has 0 heterocycles. The molecule has 4 nitrogen and oxygen atoms in total. The molecule has 0 bridgehead atoms. The summed E-state index contributed by atoms with van der Waals surface area (Å²) >= 11 is 0. The van der Waals surface area contributed by atoms with Crippen molar-refractivity contribution in [1.29, 1.82) is 0 Å². The van der Waals surface area contributed by atoms with Crippen molar-refractivity contribution in [2.24, 2.45) is 9.98 Å². The Morgan fingerprint density at radius 2 is 0.769 bits per heavy atom. The maximum atomic E-state index is 11.6. The number of hydrogen-bond donors (Lipinski definition) is 0. The van der Waals surface area contributed by atoms with Crippen LogP contribution in [0.3, 0.4) is 0 Å². The molecule has 0 fully saturated rings. The number of hydrogen-bond acceptors (Lipinski definition) is 4. The van der Waals surface area contributed by atoms with Gasteiger partial charge < -0.3 is 10.2 Å². The molecule has 0 atom stereocenters. The van der Waals surface area contributed by atoms with E-state index in [1.54, 1.807) is 48.8 Å². The van der Waals surface area contributed by atoms with E-state index in [4.69, 9.17) is 0 Å². The number of para-hydroxylation sites is 2. The number of nitrogens with zero attached hydrogens (tertiary/aromatic N) is 2. The zero-order valence-corrected chi connectivity index (χ0v) is 24.2. The van der Waals surface area contributed by atoms with Gasteiger partial charge in [-0.15, -0.1) is 11.5 Å². The molecule has 0 saturated heterocycles. The van der Waals surface area contributed by atoms with E-state index < -0.39 is 0 Å². The molecule has 5 heteroatoms.